The molecule has 1 aromatic rings. The van der Waals surface area contributed by atoms with Crippen LogP contribution in [0.25, 0.3) is 0 Å². The number of carboxylic acid groups (broad SMARTS) is 1. The molecule has 3 N–H and O–H groups in total. The highest BCUT2D eigenvalue weighted by atomic mass is 32.2. The summed E-state index contributed by atoms with van der Waals surface area (Å²) in [6, 6.07) is 7.74. The van der Waals surface area contributed by atoms with Gasteiger partial charge in [-0.15, -0.1) is 11.8 Å². The Balaban J connectivity index is 2.44. The Morgan fingerprint density at radius 1 is 1.56 bits per heavy atom. The first kappa shape index (κ1) is 12.9. The number of rotatable bonds is 6. The molecule has 0 heterocycles. The van der Waals surface area contributed by atoms with Crippen molar-refractivity contribution in [3.8, 4) is 0 Å². The minimum Gasteiger partial charge on any atom is -0.481 e. The van der Waals surface area contributed by atoms with Crippen LogP contribution in [0.5, 0.6) is 0 Å². The van der Waals surface area contributed by atoms with Crippen LogP contribution < -0.4 is 5.32 Å². The maximum absolute atomic E-state index is 10.3. The van der Waals surface area contributed by atoms with E-state index in [1.54, 1.807) is 11.8 Å². The summed E-state index contributed by atoms with van der Waals surface area (Å²) in [7, 11) is 0. The minimum absolute atomic E-state index is 0.240. The van der Waals surface area contributed by atoms with Crippen molar-refractivity contribution in [2.45, 2.75) is 17.4 Å². The van der Waals surface area contributed by atoms with Gasteiger partial charge in [0.15, 0.2) is 0 Å². The molecule has 0 radical (unpaired) electrons. The molecular formula is C11H15NO3S. The lowest BCUT2D eigenvalue weighted by molar-refractivity contribution is -0.138. The van der Waals surface area contributed by atoms with Crippen LogP contribution in [0.15, 0.2) is 29.2 Å². The van der Waals surface area contributed by atoms with E-state index >= 15 is 0 Å². The minimum atomic E-state index is -0.993. The fourth-order valence-electron chi connectivity index (χ4n) is 1.24. The summed E-state index contributed by atoms with van der Waals surface area (Å²) in [6.45, 7) is 0.240. The van der Waals surface area contributed by atoms with E-state index in [1.165, 1.54) is 0 Å². The number of aliphatic hydroxyl groups is 1. The smallest absolute Gasteiger partial charge is 0.306 e. The Labute approximate surface area is 98.7 Å². The van der Waals surface area contributed by atoms with Crippen molar-refractivity contribution in [2.75, 3.05) is 18.1 Å². The van der Waals surface area contributed by atoms with Crippen molar-refractivity contribution in [1.82, 2.24) is 0 Å². The number of carbonyl (C=O) groups is 1. The molecule has 0 amide bonds. The van der Waals surface area contributed by atoms with Crippen LogP contribution in [0.1, 0.15) is 6.42 Å². The molecule has 0 bridgehead atoms. The molecule has 0 aliphatic carbocycles. The van der Waals surface area contributed by atoms with E-state index in [0.717, 1.165) is 10.6 Å². The van der Waals surface area contributed by atoms with Gasteiger partial charge in [0.1, 0.15) is 0 Å². The van der Waals surface area contributed by atoms with Crippen molar-refractivity contribution < 1.29 is 15.0 Å². The first-order valence-electron chi connectivity index (χ1n) is 4.89. The molecule has 88 valence electrons. The largest absolute Gasteiger partial charge is 0.481 e. The third kappa shape index (κ3) is 4.55. The fourth-order valence-corrected chi connectivity index (χ4v) is 1.70. The molecule has 16 heavy (non-hydrogen) atoms. The van der Waals surface area contributed by atoms with Crippen LogP contribution in [0.2, 0.25) is 0 Å². The van der Waals surface area contributed by atoms with Crippen molar-refractivity contribution in [3.05, 3.63) is 24.3 Å². The molecule has 4 nitrogen and oxygen atoms in total. The van der Waals surface area contributed by atoms with Gasteiger partial charge in [-0.25, -0.2) is 0 Å². The lowest BCUT2D eigenvalue weighted by Gasteiger charge is -2.11. The summed E-state index contributed by atoms with van der Waals surface area (Å²) in [5.74, 6) is -0.993. The van der Waals surface area contributed by atoms with Gasteiger partial charge in [-0.2, -0.15) is 0 Å². The van der Waals surface area contributed by atoms with Gasteiger partial charge in [0.05, 0.1) is 12.5 Å². The lowest BCUT2D eigenvalue weighted by Crippen LogP contribution is -2.22. The highest BCUT2D eigenvalue weighted by Crippen LogP contribution is 2.18. The van der Waals surface area contributed by atoms with Crippen molar-refractivity contribution in [1.29, 1.82) is 0 Å². The highest BCUT2D eigenvalue weighted by molar-refractivity contribution is 7.98. The number of hydrogen-bond acceptors (Lipinski definition) is 4. The van der Waals surface area contributed by atoms with Gasteiger partial charge in [-0.3, -0.25) is 4.79 Å². The van der Waals surface area contributed by atoms with Crippen LogP contribution >= 0.6 is 11.8 Å². The standard InChI is InChI=1S/C11H15NO3S/c1-16-10-4-2-3-8(5-10)12-7-9(13)6-11(14)15/h2-5,9,12-13H,6-7H2,1H3,(H,14,15). The number of aliphatic hydroxyl groups excluding tert-OH is 1. The molecule has 0 aromatic heterocycles. The topological polar surface area (TPSA) is 69.6 Å². The molecule has 0 fully saturated rings. The number of anilines is 1. The van der Waals surface area contributed by atoms with E-state index in [4.69, 9.17) is 5.11 Å². The maximum Gasteiger partial charge on any atom is 0.306 e. The van der Waals surface area contributed by atoms with Gasteiger partial charge in [0.2, 0.25) is 0 Å². The Hall–Kier alpha value is -1.20. The quantitative estimate of drug-likeness (QED) is 0.661. The van der Waals surface area contributed by atoms with Crippen molar-refractivity contribution in [3.63, 3.8) is 0 Å². The highest BCUT2D eigenvalue weighted by Gasteiger charge is 2.08. The van der Waals surface area contributed by atoms with E-state index in [0.29, 0.717) is 0 Å². The van der Waals surface area contributed by atoms with Crippen LogP contribution in [0, 0.1) is 0 Å². The molecule has 0 spiro atoms. The zero-order valence-electron chi connectivity index (χ0n) is 9.01. The van der Waals surface area contributed by atoms with E-state index in [-0.39, 0.29) is 13.0 Å². The van der Waals surface area contributed by atoms with Crippen LogP contribution in [-0.2, 0) is 4.79 Å². The third-order valence-corrected chi connectivity index (χ3v) is 2.75. The lowest BCUT2D eigenvalue weighted by atomic mass is 10.2. The summed E-state index contributed by atoms with van der Waals surface area (Å²) in [4.78, 5) is 11.5. The monoisotopic (exact) mass is 241 g/mol. The summed E-state index contributed by atoms with van der Waals surface area (Å²) in [5.41, 5.74) is 0.885. The first-order valence-corrected chi connectivity index (χ1v) is 6.12. The van der Waals surface area contributed by atoms with Crippen LogP contribution in [0.3, 0.4) is 0 Å². The third-order valence-electron chi connectivity index (χ3n) is 2.02. The average Bonchev–Trinajstić information content (AvgIpc) is 2.26. The van der Waals surface area contributed by atoms with Gasteiger partial charge in [-0.1, -0.05) is 6.07 Å². The predicted octanol–water partition coefficient (Wildman–Crippen LogP) is 1.66. The molecule has 0 aliphatic heterocycles. The fraction of sp³-hybridized carbons (Fsp3) is 0.364. The number of nitrogens with one attached hydrogen (secondary N) is 1. The number of benzene rings is 1. The van der Waals surface area contributed by atoms with Gasteiger partial charge in [-0.05, 0) is 24.5 Å². The Morgan fingerprint density at radius 3 is 2.94 bits per heavy atom. The zero-order chi connectivity index (χ0) is 12.0. The SMILES string of the molecule is CSc1cccc(NCC(O)CC(=O)O)c1. The van der Waals surface area contributed by atoms with Gasteiger partial charge in [0, 0.05) is 17.1 Å². The van der Waals surface area contributed by atoms with Crippen LogP contribution in [0.4, 0.5) is 5.69 Å². The average molecular weight is 241 g/mol. The van der Waals surface area contributed by atoms with Crippen molar-refractivity contribution >= 4 is 23.4 Å². The molecule has 5 heteroatoms. The van der Waals surface area contributed by atoms with E-state index < -0.39 is 12.1 Å². The molecule has 1 aromatic carbocycles. The zero-order valence-corrected chi connectivity index (χ0v) is 9.83. The predicted molar refractivity (Wildman–Crippen MR) is 65.0 cm³/mol. The molecule has 1 unspecified atom stereocenters. The van der Waals surface area contributed by atoms with E-state index in [9.17, 15) is 9.90 Å². The number of thioether (sulfide) groups is 1. The van der Waals surface area contributed by atoms with Gasteiger partial charge in [0.25, 0.3) is 0 Å². The number of aliphatic carboxylic acids is 1. The Kier molecular flexibility index (Phi) is 5.14. The molecule has 0 saturated heterocycles. The number of hydrogen-bond donors (Lipinski definition) is 3. The second kappa shape index (κ2) is 6.40. The first-order chi connectivity index (χ1) is 7.61. The second-order valence-electron chi connectivity index (χ2n) is 3.36. The molecule has 0 saturated carbocycles. The second-order valence-corrected chi connectivity index (χ2v) is 4.24. The van der Waals surface area contributed by atoms with Gasteiger partial charge < -0.3 is 15.5 Å². The summed E-state index contributed by atoms with van der Waals surface area (Å²) in [5, 5.41) is 20.8. The molecule has 1 atom stereocenters. The summed E-state index contributed by atoms with van der Waals surface area (Å²) < 4.78 is 0. The number of carboxylic acids is 1. The molecular weight excluding hydrogens is 226 g/mol. The molecule has 1 rings (SSSR count). The molecule has 0 aliphatic rings. The van der Waals surface area contributed by atoms with E-state index in [2.05, 4.69) is 5.32 Å². The van der Waals surface area contributed by atoms with Crippen molar-refractivity contribution in [2.24, 2.45) is 0 Å². The maximum atomic E-state index is 10.3. The Morgan fingerprint density at radius 2 is 2.31 bits per heavy atom. The van der Waals surface area contributed by atoms with Crippen LogP contribution in [-0.4, -0.2) is 35.1 Å². The van der Waals surface area contributed by atoms with Gasteiger partial charge >= 0.3 is 5.97 Å². The Bertz CT molecular complexity index is 357. The summed E-state index contributed by atoms with van der Waals surface area (Å²) >= 11 is 1.63. The van der Waals surface area contributed by atoms with E-state index in [1.807, 2.05) is 30.5 Å². The normalized spacial score (nSPS) is 12.1. The summed E-state index contributed by atoms with van der Waals surface area (Å²) in [6.07, 6.45) is 0.878.